The topological polar surface area (TPSA) is 91.8 Å². The molecule has 124 valence electrons. The maximum Gasteiger partial charge on any atom is 0.264 e. The molecule has 1 aromatic carbocycles. The summed E-state index contributed by atoms with van der Waals surface area (Å²) in [7, 11) is 0. The first kappa shape index (κ1) is 14.9. The van der Waals surface area contributed by atoms with E-state index in [-0.39, 0.29) is 11.5 Å². The fraction of sp³-hybridized carbons (Fsp3) is 0.0556. The van der Waals surface area contributed by atoms with E-state index >= 15 is 0 Å². The van der Waals surface area contributed by atoms with E-state index < -0.39 is 0 Å². The fourth-order valence-corrected chi connectivity index (χ4v) is 2.77. The van der Waals surface area contributed by atoms with Gasteiger partial charge in [0.05, 0.1) is 16.9 Å². The Labute approximate surface area is 143 Å². The number of nitrogens with one attached hydrogen (secondary N) is 3. The van der Waals surface area contributed by atoms with E-state index in [1.165, 1.54) is 0 Å². The first-order chi connectivity index (χ1) is 12.1. The van der Waals surface area contributed by atoms with Gasteiger partial charge in [-0.3, -0.25) is 24.4 Å². The Balaban J connectivity index is 1.57. The van der Waals surface area contributed by atoms with Gasteiger partial charge in [-0.1, -0.05) is 0 Å². The van der Waals surface area contributed by atoms with Crippen LogP contribution in [0, 0.1) is 6.92 Å². The number of amides is 1. The summed E-state index contributed by atoms with van der Waals surface area (Å²) >= 11 is 0. The van der Waals surface area contributed by atoms with Crippen molar-refractivity contribution in [1.82, 2.24) is 14.8 Å². The Morgan fingerprint density at radius 3 is 2.68 bits per heavy atom. The minimum absolute atomic E-state index is 0.136. The molecule has 1 amide bonds. The second-order valence-electron chi connectivity index (χ2n) is 5.70. The lowest BCUT2D eigenvalue weighted by Crippen LogP contribution is -2.05. The third kappa shape index (κ3) is 2.72. The first-order valence-corrected chi connectivity index (χ1v) is 7.74. The van der Waals surface area contributed by atoms with Crippen LogP contribution in [0.1, 0.15) is 11.4 Å². The van der Waals surface area contributed by atoms with Crippen LogP contribution in [0.3, 0.4) is 0 Å². The standard InChI is InChI=1S/C18H15N5O2/c1-11-9-16(24)22-23(11)13-6-4-12(5-7-13)20-10-14-17-15(21-18(14)25)3-2-8-19-17/h2-10,20H,1H3,(H,21,25)(H,22,24). The van der Waals surface area contributed by atoms with Crippen molar-refractivity contribution >= 4 is 22.9 Å². The number of aromatic amines is 1. The molecule has 7 nitrogen and oxygen atoms in total. The van der Waals surface area contributed by atoms with Gasteiger partial charge < -0.3 is 10.6 Å². The van der Waals surface area contributed by atoms with E-state index in [9.17, 15) is 9.59 Å². The molecule has 4 rings (SSSR count). The van der Waals surface area contributed by atoms with Gasteiger partial charge >= 0.3 is 0 Å². The lowest BCUT2D eigenvalue weighted by Gasteiger charge is -2.07. The fourth-order valence-electron chi connectivity index (χ4n) is 2.77. The van der Waals surface area contributed by atoms with E-state index in [1.54, 1.807) is 29.2 Å². The number of anilines is 2. The smallest absolute Gasteiger partial charge is 0.264 e. The number of hydrogen-bond donors (Lipinski definition) is 3. The van der Waals surface area contributed by atoms with Crippen molar-refractivity contribution in [2.24, 2.45) is 0 Å². The highest BCUT2D eigenvalue weighted by Crippen LogP contribution is 2.29. The lowest BCUT2D eigenvalue weighted by atomic mass is 10.2. The molecule has 3 aromatic rings. The van der Waals surface area contributed by atoms with Crippen molar-refractivity contribution in [2.45, 2.75) is 6.92 Å². The predicted octanol–water partition coefficient (Wildman–Crippen LogP) is 2.27. The van der Waals surface area contributed by atoms with E-state index in [2.05, 4.69) is 20.7 Å². The number of pyridine rings is 1. The van der Waals surface area contributed by atoms with Crippen molar-refractivity contribution in [3.05, 3.63) is 76.6 Å². The molecule has 3 heterocycles. The van der Waals surface area contributed by atoms with Crippen LogP contribution in [0.4, 0.5) is 11.4 Å². The second-order valence-corrected chi connectivity index (χ2v) is 5.70. The predicted molar refractivity (Wildman–Crippen MR) is 95.6 cm³/mol. The van der Waals surface area contributed by atoms with E-state index in [0.717, 1.165) is 17.1 Å². The molecule has 0 saturated heterocycles. The zero-order valence-electron chi connectivity index (χ0n) is 13.4. The van der Waals surface area contributed by atoms with Gasteiger partial charge in [0, 0.05) is 29.8 Å². The SMILES string of the molecule is Cc1cc(=O)[nH]n1-c1ccc(NC=C2C(=O)Nc3cccnc32)cc1. The Morgan fingerprint density at radius 1 is 1.16 bits per heavy atom. The summed E-state index contributed by atoms with van der Waals surface area (Å²) < 4.78 is 1.72. The minimum atomic E-state index is -0.182. The largest absolute Gasteiger partial charge is 0.361 e. The van der Waals surface area contributed by atoms with Crippen molar-refractivity contribution in [3.8, 4) is 5.69 Å². The number of aromatic nitrogens is 3. The summed E-state index contributed by atoms with van der Waals surface area (Å²) in [5.41, 5.74) is 4.20. The molecule has 0 aliphatic carbocycles. The maximum absolute atomic E-state index is 12.0. The van der Waals surface area contributed by atoms with Gasteiger partial charge in [-0.25, -0.2) is 0 Å². The van der Waals surface area contributed by atoms with E-state index in [4.69, 9.17) is 0 Å². The molecular weight excluding hydrogens is 318 g/mol. The summed E-state index contributed by atoms with van der Waals surface area (Å²) in [4.78, 5) is 27.7. The monoisotopic (exact) mass is 333 g/mol. The number of fused-ring (bicyclic) bond motifs is 1. The molecule has 0 radical (unpaired) electrons. The second kappa shape index (κ2) is 5.79. The van der Waals surface area contributed by atoms with Gasteiger partial charge in [-0.2, -0.15) is 0 Å². The highest BCUT2D eigenvalue weighted by Gasteiger charge is 2.24. The number of rotatable bonds is 3. The molecule has 0 spiro atoms. The quantitative estimate of drug-likeness (QED) is 0.641. The summed E-state index contributed by atoms with van der Waals surface area (Å²) in [6, 6.07) is 12.6. The van der Waals surface area contributed by atoms with Gasteiger partial charge in [0.15, 0.2) is 0 Å². The lowest BCUT2D eigenvalue weighted by molar-refractivity contribution is -0.110. The van der Waals surface area contributed by atoms with Crippen LogP contribution in [-0.4, -0.2) is 20.7 Å². The van der Waals surface area contributed by atoms with Crippen molar-refractivity contribution < 1.29 is 4.79 Å². The first-order valence-electron chi connectivity index (χ1n) is 7.74. The van der Waals surface area contributed by atoms with Crippen LogP contribution in [0.5, 0.6) is 0 Å². The molecule has 0 saturated carbocycles. The number of H-pyrrole nitrogens is 1. The third-order valence-corrected chi connectivity index (χ3v) is 3.98. The Bertz CT molecular complexity index is 1040. The van der Waals surface area contributed by atoms with Crippen LogP contribution in [0.15, 0.2) is 59.7 Å². The van der Waals surface area contributed by atoms with Crippen LogP contribution < -0.4 is 16.2 Å². The summed E-state index contributed by atoms with van der Waals surface area (Å²) in [6.45, 7) is 1.86. The van der Waals surface area contributed by atoms with Gasteiger partial charge in [0.1, 0.15) is 5.69 Å². The van der Waals surface area contributed by atoms with Crippen molar-refractivity contribution in [3.63, 3.8) is 0 Å². The zero-order chi connectivity index (χ0) is 17.4. The molecule has 2 aromatic heterocycles. The number of carbonyl (C=O) groups is 1. The van der Waals surface area contributed by atoms with Crippen LogP contribution in [0.25, 0.3) is 11.3 Å². The number of aryl methyl sites for hydroxylation is 1. The normalized spacial score (nSPS) is 14.4. The highest BCUT2D eigenvalue weighted by molar-refractivity contribution is 6.31. The minimum Gasteiger partial charge on any atom is -0.361 e. The number of hydrogen-bond acceptors (Lipinski definition) is 4. The van der Waals surface area contributed by atoms with Crippen molar-refractivity contribution in [2.75, 3.05) is 10.6 Å². The molecule has 0 atom stereocenters. The Hall–Kier alpha value is -3.61. The highest BCUT2D eigenvalue weighted by atomic mass is 16.2. The number of nitrogens with zero attached hydrogens (tertiary/aromatic N) is 2. The summed E-state index contributed by atoms with van der Waals surface area (Å²) in [5, 5.41) is 8.63. The molecule has 1 aliphatic heterocycles. The molecule has 1 aliphatic rings. The van der Waals surface area contributed by atoms with Gasteiger partial charge in [0.2, 0.25) is 0 Å². The van der Waals surface area contributed by atoms with E-state index in [1.807, 2.05) is 37.3 Å². The molecule has 25 heavy (non-hydrogen) atoms. The summed E-state index contributed by atoms with van der Waals surface area (Å²) in [5.74, 6) is -0.182. The Kier molecular flexibility index (Phi) is 3.46. The van der Waals surface area contributed by atoms with Gasteiger partial charge in [-0.05, 0) is 43.3 Å². The van der Waals surface area contributed by atoms with E-state index in [0.29, 0.717) is 17.0 Å². The number of carbonyl (C=O) groups excluding carboxylic acids is 1. The molecule has 0 unspecified atom stereocenters. The van der Waals surface area contributed by atoms with Crippen LogP contribution >= 0.6 is 0 Å². The molecule has 3 N–H and O–H groups in total. The third-order valence-electron chi connectivity index (χ3n) is 3.98. The summed E-state index contributed by atoms with van der Waals surface area (Å²) in [6.07, 6.45) is 3.30. The van der Waals surface area contributed by atoms with Gasteiger partial charge in [0.25, 0.3) is 11.5 Å². The molecule has 7 heteroatoms. The van der Waals surface area contributed by atoms with Gasteiger partial charge in [-0.15, -0.1) is 0 Å². The number of benzene rings is 1. The van der Waals surface area contributed by atoms with Crippen LogP contribution in [-0.2, 0) is 4.79 Å². The van der Waals surface area contributed by atoms with Crippen molar-refractivity contribution in [1.29, 1.82) is 0 Å². The van der Waals surface area contributed by atoms with Crippen LogP contribution in [0.2, 0.25) is 0 Å². The zero-order valence-corrected chi connectivity index (χ0v) is 13.4. The molecular formula is C18H15N5O2. The maximum atomic E-state index is 12.0. The Morgan fingerprint density at radius 2 is 1.96 bits per heavy atom. The molecule has 0 bridgehead atoms. The average molecular weight is 333 g/mol. The molecule has 0 fully saturated rings. The average Bonchev–Trinajstić information content (AvgIpc) is 3.11.